The van der Waals surface area contributed by atoms with Gasteiger partial charge in [-0.05, 0) is 60.9 Å². The quantitative estimate of drug-likeness (QED) is 0.746. The number of hydrogen-bond acceptors (Lipinski definition) is 5. The van der Waals surface area contributed by atoms with Crippen molar-refractivity contribution in [3.63, 3.8) is 0 Å². The van der Waals surface area contributed by atoms with Crippen LogP contribution in [-0.2, 0) is 10.0 Å². The molecular formula is C19H25N3O4S2. The van der Waals surface area contributed by atoms with E-state index in [-0.39, 0.29) is 11.9 Å². The second-order valence-corrected chi connectivity index (χ2v) is 9.79. The van der Waals surface area contributed by atoms with Crippen molar-refractivity contribution in [2.75, 3.05) is 32.1 Å². The monoisotopic (exact) mass is 423 g/mol. The molecule has 1 fully saturated rings. The Bertz CT molecular complexity index is 913. The average Bonchev–Trinajstić information content (AvgIpc) is 3.24. The van der Waals surface area contributed by atoms with E-state index in [4.69, 9.17) is 4.74 Å². The predicted molar refractivity (Wildman–Crippen MR) is 111 cm³/mol. The lowest BCUT2D eigenvalue weighted by atomic mass is 9.99. The van der Waals surface area contributed by atoms with Crippen LogP contribution in [0.4, 0.5) is 10.5 Å². The lowest BCUT2D eigenvalue weighted by Crippen LogP contribution is -2.45. The van der Waals surface area contributed by atoms with Crippen molar-refractivity contribution >= 4 is 33.1 Å². The number of ether oxygens (including phenoxy) is 1. The molecule has 2 N–H and O–H groups in total. The second-order valence-electron chi connectivity index (χ2n) is 6.85. The fourth-order valence-corrected chi connectivity index (χ4v) is 5.38. The van der Waals surface area contributed by atoms with Crippen LogP contribution in [-0.4, -0.2) is 46.1 Å². The Hall–Kier alpha value is -2.10. The molecule has 1 aliphatic heterocycles. The second kappa shape index (κ2) is 8.93. The Kier molecular flexibility index (Phi) is 6.58. The van der Waals surface area contributed by atoms with Gasteiger partial charge in [-0.15, -0.1) is 11.3 Å². The minimum atomic E-state index is -3.48. The minimum Gasteiger partial charge on any atom is -0.497 e. The van der Waals surface area contributed by atoms with Crippen LogP contribution in [0.2, 0.25) is 0 Å². The summed E-state index contributed by atoms with van der Waals surface area (Å²) in [5, 5.41) is 4.68. The predicted octanol–water partition coefficient (Wildman–Crippen LogP) is 3.29. The number of carbonyl (C=O) groups is 1. The lowest BCUT2D eigenvalue weighted by molar-refractivity contribution is 0.178. The van der Waals surface area contributed by atoms with Crippen LogP contribution in [0, 0.1) is 12.8 Å². The SMILES string of the molecule is COc1ccc(NC(=O)N2CCC[C@H](CNS(=O)(=O)c3cccs3)C2)c(C)c1. The molecule has 0 unspecified atom stereocenters. The fraction of sp³-hybridized carbons (Fsp3) is 0.421. The van der Waals surface area contributed by atoms with Crippen molar-refractivity contribution in [3.8, 4) is 5.75 Å². The molecule has 1 aliphatic rings. The lowest BCUT2D eigenvalue weighted by Gasteiger charge is -2.33. The molecular weight excluding hydrogens is 398 g/mol. The number of carbonyl (C=O) groups excluding carboxylic acids is 1. The van der Waals surface area contributed by atoms with Gasteiger partial charge in [-0.1, -0.05) is 6.07 Å². The van der Waals surface area contributed by atoms with Crippen molar-refractivity contribution in [1.29, 1.82) is 0 Å². The number of thiophene rings is 1. The van der Waals surface area contributed by atoms with E-state index in [0.29, 0.717) is 23.8 Å². The number of nitrogens with zero attached hydrogens (tertiary/aromatic N) is 1. The van der Waals surface area contributed by atoms with Crippen molar-refractivity contribution in [1.82, 2.24) is 9.62 Å². The van der Waals surface area contributed by atoms with Crippen LogP contribution in [0.25, 0.3) is 0 Å². The third-order valence-corrected chi connectivity index (χ3v) is 7.62. The maximum Gasteiger partial charge on any atom is 0.321 e. The smallest absolute Gasteiger partial charge is 0.321 e. The summed E-state index contributed by atoms with van der Waals surface area (Å²) in [4.78, 5) is 14.4. The van der Waals surface area contributed by atoms with Gasteiger partial charge in [-0.3, -0.25) is 0 Å². The van der Waals surface area contributed by atoms with E-state index in [2.05, 4.69) is 10.0 Å². The Morgan fingerprint density at radius 1 is 1.36 bits per heavy atom. The van der Waals surface area contributed by atoms with Gasteiger partial charge < -0.3 is 15.0 Å². The van der Waals surface area contributed by atoms with Gasteiger partial charge in [-0.25, -0.2) is 17.9 Å². The molecule has 1 saturated heterocycles. The Labute approximate surface area is 169 Å². The number of benzene rings is 1. The first-order chi connectivity index (χ1) is 13.4. The molecule has 2 amide bonds. The Morgan fingerprint density at radius 3 is 2.86 bits per heavy atom. The number of anilines is 1. The van der Waals surface area contributed by atoms with Gasteiger partial charge in [0.1, 0.15) is 9.96 Å². The first-order valence-corrected chi connectivity index (χ1v) is 11.5. The van der Waals surface area contributed by atoms with E-state index in [9.17, 15) is 13.2 Å². The van der Waals surface area contributed by atoms with Crippen molar-refractivity contribution < 1.29 is 17.9 Å². The zero-order valence-corrected chi connectivity index (χ0v) is 17.6. The number of methoxy groups -OCH3 is 1. The number of hydrogen-bond donors (Lipinski definition) is 2. The van der Waals surface area contributed by atoms with Crippen LogP contribution < -0.4 is 14.8 Å². The van der Waals surface area contributed by atoms with Gasteiger partial charge in [0.25, 0.3) is 0 Å². The maximum absolute atomic E-state index is 12.7. The van der Waals surface area contributed by atoms with Gasteiger partial charge in [-0.2, -0.15) is 0 Å². The summed E-state index contributed by atoms with van der Waals surface area (Å²) in [6.45, 7) is 3.42. The third-order valence-electron chi connectivity index (χ3n) is 4.80. The molecule has 0 radical (unpaired) electrons. The summed E-state index contributed by atoms with van der Waals surface area (Å²) < 4.78 is 32.7. The minimum absolute atomic E-state index is 0.0891. The number of likely N-dealkylation sites (tertiary alicyclic amines) is 1. The first-order valence-electron chi connectivity index (χ1n) is 9.13. The van der Waals surface area contributed by atoms with E-state index < -0.39 is 10.0 Å². The number of aryl methyl sites for hydroxylation is 1. The third kappa shape index (κ3) is 5.03. The van der Waals surface area contributed by atoms with E-state index in [1.807, 2.05) is 19.1 Å². The molecule has 1 atom stereocenters. The van der Waals surface area contributed by atoms with Crippen molar-refractivity contribution in [2.24, 2.45) is 5.92 Å². The number of nitrogens with one attached hydrogen (secondary N) is 2. The van der Waals surface area contributed by atoms with Crippen LogP contribution >= 0.6 is 11.3 Å². The van der Waals surface area contributed by atoms with Crippen LogP contribution in [0.1, 0.15) is 18.4 Å². The van der Waals surface area contributed by atoms with E-state index in [1.54, 1.807) is 35.6 Å². The summed E-state index contributed by atoms with van der Waals surface area (Å²) in [6, 6.07) is 8.63. The molecule has 9 heteroatoms. The average molecular weight is 424 g/mol. The summed E-state index contributed by atoms with van der Waals surface area (Å²) in [7, 11) is -1.87. The van der Waals surface area contributed by atoms with Crippen LogP contribution in [0.3, 0.4) is 0 Å². The molecule has 2 aromatic rings. The van der Waals surface area contributed by atoms with Crippen molar-refractivity contribution in [2.45, 2.75) is 24.0 Å². The number of urea groups is 1. The van der Waals surface area contributed by atoms with Gasteiger partial charge in [0.15, 0.2) is 0 Å². The summed E-state index contributed by atoms with van der Waals surface area (Å²) in [5.74, 6) is 0.831. The Balaban J connectivity index is 1.56. The first kappa shape index (κ1) is 20.6. The zero-order valence-electron chi connectivity index (χ0n) is 16.0. The van der Waals surface area contributed by atoms with Gasteiger partial charge in [0.2, 0.25) is 10.0 Å². The molecule has 0 aliphatic carbocycles. The summed E-state index contributed by atoms with van der Waals surface area (Å²) in [5.41, 5.74) is 1.66. The van der Waals surface area contributed by atoms with Crippen molar-refractivity contribution in [3.05, 3.63) is 41.3 Å². The van der Waals surface area contributed by atoms with E-state index in [1.165, 1.54) is 11.3 Å². The number of rotatable bonds is 6. The standard InChI is InChI=1S/C19H25N3O4S2/c1-14-11-16(26-2)7-8-17(14)21-19(23)22-9-3-5-15(13-22)12-20-28(24,25)18-6-4-10-27-18/h4,6-8,10-11,15,20H,3,5,9,12-13H2,1-2H3,(H,21,23)/t15-/m1/s1. The molecule has 1 aromatic carbocycles. The normalized spacial score (nSPS) is 17.4. The van der Waals surface area contributed by atoms with Crippen LogP contribution in [0.5, 0.6) is 5.75 Å². The highest BCUT2D eigenvalue weighted by molar-refractivity contribution is 7.91. The number of sulfonamides is 1. The van der Waals surface area contributed by atoms with E-state index >= 15 is 0 Å². The molecule has 2 heterocycles. The highest BCUT2D eigenvalue weighted by atomic mass is 32.2. The molecule has 1 aromatic heterocycles. The number of amides is 2. The zero-order chi connectivity index (χ0) is 20.1. The number of piperidine rings is 1. The highest BCUT2D eigenvalue weighted by Gasteiger charge is 2.26. The molecule has 0 spiro atoms. The molecule has 7 nitrogen and oxygen atoms in total. The molecule has 28 heavy (non-hydrogen) atoms. The summed E-state index contributed by atoms with van der Waals surface area (Å²) >= 11 is 1.19. The fourth-order valence-electron chi connectivity index (χ4n) is 3.23. The highest BCUT2D eigenvalue weighted by Crippen LogP contribution is 2.23. The topological polar surface area (TPSA) is 87.7 Å². The molecule has 3 rings (SSSR count). The van der Waals surface area contributed by atoms with Gasteiger partial charge >= 0.3 is 6.03 Å². The molecule has 0 bridgehead atoms. The largest absolute Gasteiger partial charge is 0.497 e. The van der Waals surface area contributed by atoms with Gasteiger partial charge in [0.05, 0.1) is 7.11 Å². The van der Waals surface area contributed by atoms with Gasteiger partial charge in [0, 0.05) is 25.3 Å². The Morgan fingerprint density at radius 2 is 2.18 bits per heavy atom. The maximum atomic E-state index is 12.7. The molecule has 152 valence electrons. The summed E-state index contributed by atoms with van der Waals surface area (Å²) in [6.07, 6.45) is 1.73. The molecule has 0 saturated carbocycles. The van der Waals surface area contributed by atoms with Crippen LogP contribution in [0.15, 0.2) is 39.9 Å². The van der Waals surface area contributed by atoms with E-state index in [0.717, 1.165) is 29.8 Å².